The Morgan fingerprint density at radius 1 is 1.17 bits per heavy atom. The molecule has 0 aliphatic rings. The molecule has 6 heteroatoms. The molecule has 6 nitrogen and oxygen atoms in total. The summed E-state index contributed by atoms with van der Waals surface area (Å²) in [6.07, 6.45) is 2.00. The lowest BCUT2D eigenvalue weighted by molar-refractivity contribution is -0.136. The van der Waals surface area contributed by atoms with Gasteiger partial charge in [-0.2, -0.15) is 0 Å². The molecule has 0 saturated heterocycles. The van der Waals surface area contributed by atoms with Crippen molar-refractivity contribution >= 4 is 17.5 Å². The first kappa shape index (κ1) is 16.8. The summed E-state index contributed by atoms with van der Waals surface area (Å²) in [5.41, 5.74) is 1.74. The quantitative estimate of drug-likeness (QED) is 0.801. The minimum absolute atomic E-state index is 0.144. The van der Waals surface area contributed by atoms with Gasteiger partial charge in [-0.15, -0.1) is 0 Å². The van der Waals surface area contributed by atoms with Crippen LogP contribution in [0.5, 0.6) is 0 Å². The predicted molar refractivity (Wildman–Crippen MR) is 85.9 cm³/mol. The van der Waals surface area contributed by atoms with Crippen LogP contribution < -0.4 is 10.6 Å². The van der Waals surface area contributed by atoms with E-state index < -0.39 is 17.9 Å². The highest BCUT2D eigenvalue weighted by Crippen LogP contribution is 2.15. The van der Waals surface area contributed by atoms with Crippen molar-refractivity contribution in [2.45, 2.75) is 19.4 Å². The highest BCUT2D eigenvalue weighted by Gasteiger charge is 2.18. The molecular weight excluding hydrogens is 296 g/mol. The smallest absolute Gasteiger partial charge is 0.313 e. The van der Waals surface area contributed by atoms with Gasteiger partial charge in [0.2, 0.25) is 0 Å². The molecule has 2 amide bonds. The number of hydrogen-bond acceptors (Lipinski definition) is 4. The van der Waals surface area contributed by atoms with Crippen LogP contribution in [0, 0.1) is 0 Å². The summed E-state index contributed by atoms with van der Waals surface area (Å²) in [4.78, 5) is 23.7. The molecule has 2 aromatic rings. The molecule has 1 aromatic carbocycles. The van der Waals surface area contributed by atoms with Crippen LogP contribution in [0.2, 0.25) is 0 Å². The molecule has 1 atom stereocenters. The molecule has 0 bridgehead atoms. The summed E-state index contributed by atoms with van der Waals surface area (Å²) in [6.45, 7) is 2.19. The predicted octanol–water partition coefficient (Wildman–Crippen LogP) is 2.28. The number of amides is 2. The Balaban J connectivity index is 1.85. The third-order valence-electron chi connectivity index (χ3n) is 3.42. The van der Waals surface area contributed by atoms with E-state index in [0.717, 1.165) is 12.0 Å². The first-order chi connectivity index (χ1) is 11.1. The zero-order chi connectivity index (χ0) is 16.7. The molecular formula is C17H20N2O4. The number of methoxy groups -OCH3 is 1. The van der Waals surface area contributed by atoms with Crippen molar-refractivity contribution in [2.75, 3.05) is 19.0 Å². The summed E-state index contributed by atoms with van der Waals surface area (Å²) in [6, 6.07) is 10.8. The topological polar surface area (TPSA) is 80.6 Å². The number of nitrogens with one attached hydrogen (secondary N) is 2. The fourth-order valence-corrected chi connectivity index (χ4v) is 2.05. The van der Waals surface area contributed by atoms with Gasteiger partial charge in [0, 0.05) is 12.8 Å². The van der Waals surface area contributed by atoms with Crippen LogP contribution in [-0.2, 0) is 20.7 Å². The zero-order valence-corrected chi connectivity index (χ0v) is 13.2. The highest BCUT2D eigenvalue weighted by molar-refractivity contribution is 6.39. The maximum atomic E-state index is 11.9. The molecule has 0 saturated carbocycles. The number of aryl methyl sites for hydroxylation is 1. The summed E-state index contributed by atoms with van der Waals surface area (Å²) < 4.78 is 10.4. The van der Waals surface area contributed by atoms with E-state index in [2.05, 4.69) is 10.6 Å². The van der Waals surface area contributed by atoms with Gasteiger partial charge < -0.3 is 19.8 Å². The fourth-order valence-electron chi connectivity index (χ4n) is 2.05. The van der Waals surface area contributed by atoms with Gasteiger partial charge in [0.15, 0.2) is 0 Å². The van der Waals surface area contributed by atoms with Crippen molar-refractivity contribution in [1.29, 1.82) is 0 Å². The lowest BCUT2D eigenvalue weighted by Crippen LogP contribution is -2.37. The van der Waals surface area contributed by atoms with E-state index in [0.29, 0.717) is 11.4 Å². The second kappa shape index (κ2) is 8.14. The standard InChI is InChI=1S/C17H20N2O4/c1-3-12-6-8-13(9-7-12)19-17(21)16(20)18-11-15(22-2)14-5-4-10-23-14/h4-10,15H,3,11H2,1-2H3,(H,18,20)(H,19,21). The maximum Gasteiger partial charge on any atom is 0.313 e. The van der Waals surface area contributed by atoms with Crippen molar-refractivity contribution in [2.24, 2.45) is 0 Å². The monoisotopic (exact) mass is 316 g/mol. The number of hydrogen-bond donors (Lipinski definition) is 2. The van der Waals surface area contributed by atoms with Gasteiger partial charge in [-0.05, 0) is 36.2 Å². The van der Waals surface area contributed by atoms with E-state index in [1.165, 1.54) is 13.4 Å². The average molecular weight is 316 g/mol. The van der Waals surface area contributed by atoms with E-state index in [4.69, 9.17) is 9.15 Å². The molecule has 1 aromatic heterocycles. The van der Waals surface area contributed by atoms with Crippen molar-refractivity contribution < 1.29 is 18.7 Å². The lowest BCUT2D eigenvalue weighted by Gasteiger charge is -2.13. The van der Waals surface area contributed by atoms with Crippen LogP contribution >= 0.6 is 0 Å². The van der Waals surface area contributed by atoms with E-state index >= 15 is 0 Å². The van der Waals surface area contributed by atoms with Crippen LogP contribution in [0.4, 0.5) is 5.69 Å². The minimum Gasteiger partial charge on any atom is -0.467 e. The summed E-state index contributed by atoms with van der Waals surface area (Å²) in [5, 5.41) is 5.08. The largest absolute Gasteiger partial charge is 0.467 e. The van der Waals surface area contributed by atoms with E-state index in [9.17, 15) is 9.59 Å². The van der Waals surface area contributed by atoms with E-state index in [-0.39, 0.29) is 6.54 Å². The van der Waals surface area contributed by atoms with Gasteiger partial charge in [0.05, 0.1) is 12.8 Å². The second-order valence-electron chi connectivity index (χ2n) is 4.95. The molecule has 0 fully saturated rings. The number of carbonyl (C=O) groups excluding carboxylic acids is 2. The zero-order valence-electron chi connectivity index (χ0n) is 13.2. The Kier molecular flexibility index (Phi) is 5.94. The lowest BCUT2D eigenvalue weighted by atomic mass is 10.1. The Morgan fingerprint density at radius 2 is 1.91 bits per heavy atom. The van der Waals surface area contributed by atoms with Gasteiger partial charge in [-0.3, -0.25) is 9.59 Å². The molecule has 0 radical (unpaired) electrons. The van der Waals surface area contributed by atoms with Crippen LogP contribution in [0.3, 0.4) is 0 Å². The molecule has 122 valence electrons. The van der Waals surface area contributed by atoms with Gasteiger partial charge in [-0.1, -0.05) is 19.1 Å². The van der Waals surface area contributed by atoms with Crippen molar-refractivity contribution in [3.63, 3.8) is 0 Å². The number of ether oxygens (including phenoxy) is 1. The number of furan rings is 1. The molecule has 1 unspecified atom stereocenters. The molecule has 2 rings (SSSR count). The Hall–Kier alpha value is -2.60. The molecule has 0 aliphatic heterocycles. The Labute approximate surface area is 134 Å². The summed E-state index contributed by atoms with van der Waals surface area (Å²) in [7, 11) is 1.51. The molecule has 0 spiro atoms. The fraction of sp³-hybridized carbons (Fsp3) is 0.294. The van der Waals surface area contributed by atoms with Crippen LogP contribution in [0.15, 0.2) is 47.1 Å². The SMILES string of the molecule is CCc1ccc(NC(=O)C(=O)NCC(OC)c2ccco2)cc1. The van der Waals surface area contributed by atoms with Gasteiger partial charge >= 0.3 is 11.8 Å². The number of benzene rings is 1. The van der Waals surface area contributed by atoms with Gasteiger partial charge in [0.1, 0.15) is 11.9 Å². The normalized spacial score (nSPS) is 11.7. The average Bonchev–Trinajstić information content (AvgIpc) is 3.10. The third-order valence-corrected chi connectivity index (χ3v) is 3.42. The maximum absolute atomic E-state index is 11.9. The Morgan fingerprint density at radius 3 is 2.48 bits per heavy atom. The Bertz CT molecular complexity index is 635. The highest BCUT2D eigenvalue weighted by atomic mass is 16.5. The first-order valence-corrected chi connectivity index (χ1v) is 7.38. The number of anilines is 1. The van der Waals surface area contributed by atoms with E-state index in [1.54, 1.807) is 24.3 Å². The van der Waals surface area contributed by atoms with E-state index in [1.807, 2.05) is 19.1 Å². The molecule has 0 aliphatic carbocycles. The van der Waals surface area contributed by atoms with Crippen molar-refractivity contribution in [3.8, 4) is 0 Å². The van der Waals surface area contributed by atoms with Crippen LogP contribution in [0.1, 0.15) is 24.4 Å². The molecule has 1 heterocycles. The van der Waals surface area contributed by atoms with Gasteiger partial charge in [0.25, 0.3) is 0 Å². The number of carbonyl (C=O) groups is 2. The van der Waals surface area contributed by atoms with Crippen molar-refractivity contribution in [3.05, 3.63) is 54.0 Å². The summed E-state index contributed by atoms with van der Waals surface area (Å²) >= 11 is 0. The first-order valence-electron chi connectivity index (χ1n) is 7.38. The van der Waals surface area contributed by atoms with Crippen LogP contribution in [-0.4, -0.2) is 25.5 Å². The summed E-state index contributed by atoms with van der Waals surface area (Å²) in [5.74, 6) is -0.856. The third kappa shape index (κ3) is 4.69. The second-order valence-corrected chi connectivity index (χ2v) is 4.95. The minimum atomic E-state index is -0.724. The molecule has 23 heavy (non-hydrogen) atoms. The van der Waals surface area contributed by atoms with Gasteiger partial charge in [-0.25, -0.2) is 0 Å². The number of rotatable bonds is 6. The van der Waals surface area contributed by atoms with Crippen molar-refractivity contribution in [1.82, 2.24) is 5.32 Å². The van der Waals surface area contributed by atoms with Crippen LogP contribution in [0.25, 0.3) is 0 Å². The molecule has 2 N–H and O–H groups in total.